The van der Waals surface area contributed by atoms with Gasteiger partial charge >= 0.3 is 0 Å². The molecule has 0 aliphatic heterocycles. The minimum atomic E-state index is -0.111. The van der Waals surface area contributed by atoms with Crippen LogP contribution >= 0.6 is 13.5 Å². The maximum absolute atomic E-state index is 9.59. The van der Waals surface area contributed by atoms with Crippen molar-refractivity contribution in [3.8, 4) is 5.75 Å². The van der Waals surface area contributed by atoms with Crippen molar-refractivity contribution in [3.05, 3.63) is 48.3 Å². The number of hydrogen-bond donors (Lipinski definition) is 3. The summed E-state index contributed by atoms with van der Waals surface area (Å²) in [5.41, 5.74) is 7.45. The van der Waals surface area contributed by atoms with Crippen LogP contribution in [0.2, 0.25) is 0 Å². The van der Waals surface area contributed by atoms with Crippen LogP contribution in [0.5, 0.6) is 5.75 Å². The lowest BCUT2D eigenvalue weighted by Crippen LogP contribution is -2.25. The Hall–Kier alpha value is -2.58. The Morgan fingerprint density at radius 3 is 2.79 bits per heavy atom. The number of hydrogen-bond acceptors (Lipinski definition) is 7. The van der Waals surface area contributed by atoms with Crippen LogP contribution in [-0.2, 0) is 6.61 Å². The Morgan fingerprint density at radius 1 is 1.18 bits per heavy atom. The number of rotatable bonds is 9. The van der Waals surface area contributed by atoms with Crippen LogP contribution in [0.3, 0.4) is 0 Å². The number of anilines is 2. The van der Waals surface area contributed by atoms with E-state index in [2.05, 4.69) is 27.2 Å². The van der Waals surface area contributed by atoms with E-state index in [1.165, 1.54) is 0 Å². The molecule has 7 nitrogen and oxygen atoms in total. The number of nitrogens with zero attached hydrogens (tertiary/aromatic N) is 3. The summed E-state index contributed by atoms with van der Waals surface area (Å²) in [5, 5.41) is 13.9. The van der Waals surface area contributed by atoms with E-state index in [0.29, 0.717) is 11.6 Å². The molecule has 0 spiro atoms. The van der Waals surface area contributed by atoms with Crippen molar-refractivity contribution in [1.82, 2.24) is 15.0 Å². The summed E-state index contributed by atoms with van der Waals surface area (Å²) >= 11 is 0. The molecule has 150 valence electrons. The Labute approximate surface area is 171 Å². The second-order valence-corrected chi connectivity index (χ2v) is 6.39. The van der Waals surface area contributed by atoms with Gasteiger partial charge in [0.15, 0.2) is 11.6 Å². The first kappa shape index (κ1) is 21.7. The van der Waals surface area contributed by atoms with E-state index in [4.69, 9.17) is 10.5 Å². The highest BCUT2D eigenvalue weighted by Gasteiger charge is 2.13. The van der Waals surface area contributed by atoms with Crippen LogP contribution in [0.25, 0.3) is 10.9 Å². The summed E-state index contributed by atoms with van der Waals surface area (Å²) in [7, 11) is 0. The molecule has 0 aliphatic rings. The molecule has 0 saturated carbocycles. The summed E-state index contributed by atoms with van der Waals surface area (Å²) in [5.74, 6) is 1.12. The second-order valence-electron chi connectivity index (χ2n) is 6.39. The SMILES string of the molecule is CCCC[C@@H](CO)Nc1nc(N)ncc1OCc1ccc2ccccc2n1.S. The van der Waals surface area contributed by atoms with E-state index in [1.807, 2.05) is 36.4 Å². The van der Waals surface area contributed by atoms with E-state index < -0.39 is 0 Å². The molecule has 1 aromatic carbocycles. The van der Waals surface area contributed by atoms with E-state index in [9.17, 15) is 5.11 Å². The molecule has 28 heavy (non-hydrogen) atoms. The highest BCUT2D eigenvalue weighted by molar-refractivity contribution is 7.59. The molecule has 0 saturated heterocycles. The molecule has 2 aromatic heterocycles. The highest BCUT2D eigenvalue weighted by Crippen LogP contribution is 2.24. The highest BCUT2D eigenvalue weighted by atomic mass is 32.1. The predicted octanol–water partition coefficient (Wildman–Crippen LogP) is 3.26. The molecule has 1 atom stereocenters. The number of aliphatic hydroxyl groups is 1. The molecule has 3 rings (SSSR count). The van der Waals surface area contributed by atoms with Gasteiger partial charge in [-0.3, -0.25) is 0 Å². The third-order valence-corrected chi connectivity index (χ3v) is 4.27. The Balaban J connectivity index is 0.00000280. The number of aromatic nitrogens is 3. The number of aliphatic hydroxyl groups excluding tert-OH is 1. The molecule has 3 aromatic rings. The van der Waals surface area contributed by atoms with E-state index >= 15 is 0 Å². The number of nitrogen functional groups attached to an aromatic ring is 1. The Bertz CT molecular complexity index is 893. The van der Waals surface area contributed by atoms with E-state index in [0.717, 1.165) is 35.9 Å². The van der Waals surface area contributed by atoms with Gasteiger partial charge < -0.3 is 20.9 Å². The van der Waals surface area contributed by atoms with Crippen molar-refractivity contribution in [3.63, 3.8) is 0 Å². The van der Waals surface area contributed by atoms with E-state index in [-0.39, 0.29) is 38.7 Å². The summed E-state index contributed by atoms with van der Waals surface area (Å²) in [4.78, 5) is 12.9. The van der Waals surface area contributed by atoms with E-state index in [1.54, 1.807) is 6.20 Å². The fourth-order valence-corrected chi connectivity index (χ4v) is 2.79. The molecule has 0 unspecified atom stereocenters. The van der Waals surface area contributed by atoms with Gasteiger partial charge in [-0.05, 0) is 18.6 Å². The maximum Gasteiger partial charge on any atom is 0.222 e. The van der Waals surface area contributed by atoms with Gasteiger partial charge in [-0.2, -0.15) is 18.5 Å². The van der Waals surface area contributed by atoms with Gasteiger partial charge in [-0.1, -0.05) is 44.0 Å². The molecular formula is C20H27N5O2S. The topological polar surface area (TPSA) is 106 Å². The number of fused-ring (bicyclic) bond motifs is 1. The quantitative estimate of drug-likeness (QED) is 0.505. The zero-order chi connectivity index (χ0) is 19.1. The largest absolute Gasteiger partial charge is 0.482 e. The lowest BCUT2D eigenvalue weighted by Gasteiger charge is -2.19. The normalized spacial score (nSPS) is 11.6. The number of unbranched alkanes of at least 4 members (excludes halogenated alkanes) is 1. The van der Waals surface area contributed by atoms with Gasteiger partial charge in [0.2, 0.25) is 5.95 Å². The molecule has 0 fully saturated rings. The summed E-state index contributed by atoms with van der Waals surface area (Å²) < 4.78 is 5.89. The van der Waals surface area contributed by atoms with Gasteiger partial charge in [0.05, 0.1) is 30.1 Å². The van der Waals surface area contributed by atoms with Crippen LogP contribution in [-0.4, -0.2) is 32.7 Å². The first-order valence-corrected chi connectivity index (χ1v) is 9.17. The molecular weight excluding hydrogens is 374 g/mol. The number of nitrogens with two attached hydrogens (primary N) is 1. The van der Waals surface area contributed by atoms with Crippen LogP contribution in [0.1, 0.15) is 31.9 Å². The van der Waals surface area contributed by atoms with Gasteiger partial charge in [-0.25, -0.2) is 9.97 Å². The Morgan fingerprint density at radius 2 is 2.00 bits per heavy atom. The fourth-order valence-electron chi connectivity index (χ4n) is 2.79. The number of nitrogens with one attached hydrogen (secondary N) is 1. The van der Waals surface area contributed by atoms with Gasteiger partial charge in [0.25, 0.3) is 0 Å². The third-order valence-electron chi connectivity index (χ3n) is 4.27. The molecule has 8 heteroatoms. The van der Waals surface area contributed by atoms with Gasteiger partial charge in [0.1, 0.15) is 6.61 Å². The van der Waals surface area contributed by atoms with Crippen molar-refractivity contribution in [2.24, 2.45) is 0 Å². The summed E-state index contributed by atoms with van der Waals surface area (Å²) in [6, 6.07) is 11.8. The minimum Gasteiger partial charge on any atom is -0.482 e. The smallest absolute Gasteiger partial charge is 0.222 e. The predicted molar refractivity (Wildman–Crippen MR) is 117 cm³/mol. The molecule has 0 amide bonds. The first-order valence-electron chi connectivity index (χ1n) is 9.17. The van der Waals surface area contributed by atoms with Crippen molar-refractivity contribution < 1.29 is 9.84 Å². The fraction of sp³-hybridized carbons (Fsp3) is 0.350. The Kier molecular flexibility index (Phi) is 8.28. The second kappa shape index (κ2) is 10.7. The van der Waals surface area contributed by atoms with Crippen molar-refractivity contribution >= 4 is 36.2 Å². The molecule has 4 N–H and O–H groups in total. The molecule has 0 bridgehead atoms. The van der Waals surface area contributed by atoms with Crippen LogP contribution in [0.15, 0.2) is 42.6 Å². The van der Waals surface area contributed by atoms with Crippen LogP contribution in [0, 0.1) is 0 Å². The lowest BCUT2D eigenvalue weighted by molar-refractivity contribution is 0.265. The number of pyridine rings is 1. The molecule has 0 aliphatic carbocycles. The van der Waals surface area contributed by atoms with Gasteiger partial charge in [0, 0.05) is 5.39 Å². The van der Waals surface area contributed by atoms with Crippen LogP contribution in [0.4, 0.5) is 11.8 Å². The van der Waals surface area contributed by atoms with Crippen LogP contribution < -0.4 is 15.8 Å². The summed E-state index contributed by atoms with van der Waals surface area (Å²) in [6.45, 7) is 2.41. The maximum atomic E-state index is 9.59. The number of ether oxygens (including phenoxy) is 1. The number of benzene rings is 1. The minimum absolute atomic E-state index is 0. The molecule has 0 radical (unpaired) electrons. The molecule has 2 heterocycles. The van der Waals surface area contributed by atoms with Gasteiger partial charge in [-0.15, -0.1) is 0 Å². The number of para-hydroxylation sites is 1. The average molecular weight is 402 g/mol. The zero-order valence-electron chi connectivity index (χ0n) is 15.9. The van der Waals surface area contributed by atoms with Crippen molar-refractivity contribution in [2.45, 2.75) is 38.8 Å². The lowest BCUT2D eigenvalue weighted by atomic mass is 10.1. The first-order chi connectivity index (χ1) is 13.2. The third kappa shape index (κ3) is 5.71. The monoisotopic (exact) mass is 401 g/mol. The standard InChI is InChI=1S/C20H25N5O2.H2S/c1-2-3-7-15(12-26)24-19-18(11-22-20(21)25-19)27-13-16-10-9-14-6-4-5-8-17(14)23-16;/h4-6,8-11,15,26H,2-3,7,12-13H2,1H3,(H3,21,22,24,25);1H2/t15-;/m0./s1. The zero-order valence-corrected chi connectivity index (χ0v) is 16.9. The van der Waals surface area contributed by atoms with Crippen molar-refractivity contribution in [2.75, 3.05) is 17.7 Å². The van der Waals surface area contributed by atoms with Crippen molar-refractivity contribution in [1.29, 1.82) is 0 Å². The average Bonchev–Trinajstić information content (AvgIpc) is 2.70. The summed E-state index contributed by atoms with van der Waals surface area (Å²) in [6.07, 6.45) is 4.44.